The molecule has 0 amide bonds. The van der Waals surface area contributed by atoms with E-state index in [2.05, 4.69) is 5.16 Å². The molecular weight excluding hydrogens is 380 g/mol. The van der Waals surface area contributed by atoms with Crippen molar-refractivity contribution in [2.45, 2.75) is 11.0 Å². The number of benzene rings is 2. The Hall–Kier alpha value is -2.68. The molecule has 1 aromatic heterocycles. The quantitative estimate of drug-likeness (QED) is 0.655. The highest BCUT2D eigenvalue weighted by atomic mass is 32.2. The van der Waals surface area contributed by atoms with Crippen molar-refractivity contribution in [3.05, 3.63) is 66.4 Å². The highest BCUT2D eigenvalue weighted by Crippen LogP contribution is 2.34. The second-order valence-electron chi connectivity index (χ2n) is 6.38. The Labute approximate surface area is 163 Å². The van der Waals surface area contributed by atoms with Gasteiger partial charge in [-0.3, -0.25) is 0 Å². The molecule has 4 rings (SSSR count). The van der Waals surface area contributed by atoms with Crippen molar-refractivity contribution in [3.8, 4) is 17.1 Å². The number of aromatic nitrogens is 1. The van der Waals surface area contributed by atoms with Crippen LogP contribution in [0.4, 0.5) is 0 Å². The second-order valence-corrected chi connectivity index (χ2v) is 8.28. The van der Waals surface area contributed by atoms with Gasteiger partial charge in [-0.1, -0.05) is 35.5 Å². The summed E-state index contributed by atoms with van der Waals surface area (Å²) in [6.45, 7) is 0.840. The number of ether oxygens (including phenoxy) is 2. The zero-order valence-electron chi connectivity index (χ0n) is 15.3. The highest BCUT2D eigenvalue weighted by Gasteiger charge is 2.33. The van der Waals surface area contributed by atoms with E-state index in [0.29, 0.717) is 17.9 Å². The Kier molecular flexibility index (Phi) is 5.17. The largest absolute Gasteiger partial charge is 0.495 e. The normalized spacial score (nSPS) is 18.1. The second kappa shape index (κ2) is 7.75. The number of sulfonamides is 1. The van der Waals surface area contributed by atoms with Crippen LogP contribution < -0.4 is 4.74 Å². The lowest BCUT2D eigenvalue weighted by molar-refractivity contribution is -0.00258. The van der Waals surface area contributed by atoms with Crippen molar-refractivity contribution in [3.63, 3.8) is 0 Å². The standard InChI is InChI=1S/C20H20N2O5S/c1-25-18-8-7-16(17-9-10-21-27-17)13-20(18)28(23,24)22-11-12-26-19(14-22)15-5-3-2-4-6-15/h2-10,13,19H,11-12,14H2,1H3. The zero-order chi connectivity index (χ0) is 19.6. The monoisotopic (exact) mass is 400 g/mol. The summed E-state index contributed by atoms with van der Waals surface area (Å²) in [6.07, 6.45) is 1.20. The van der Waals surface area contributed by atoms with Crippen molar-refractivity contribution >= 4 is 10.0 Å². The van der Waals surface area contributed by atoms with Crippen LogP contribution in [0.5, 0.6) is 5.75 Å². The van der Waals surface area contributed by atoms with Crippen molar-refractivity contribution in [2.75, 3.05) is 26.8 Å². The van der Waals surface area contributed by atoms with Crippen molar-refractivity contribution in [2.24, 2.45) is 0 Å². The van der Waals surface area contributed by atoms with Gasteiger partial charge >= 0.3 is 0 Å². The maximum atomic E-state index is 13.4. The van der Waals surface area contributed by atoms with E-state index in [0.717, 1.165) is 5.56 Å². The maximum absolute atomic E-state index is 13.4. The third-order valence-electron chi connectivity index (χ3n) is 4.70. The van der Waals surface area contributed by atoms with Gasteiger partial charge in [-0.15, -0.1) is 0 Å². The van der Waals surface area contributed by atoms with Gasteiger partial charge in [0.05, 0.1) is 26.0 Å². The molecule has 1 aliphatic rings. The van der Waals surface area contributed by atoms with Gasteiger partial charge < -0.3 is 14.0 Å². The third kappa shape index (κ3) is 3.54. The molecule has 1 atom stereocenters. The van der Waals surface area contributed by atoms with E-state index in [1.807, 2.05) is 30.3 Å². The molecule has 1 saturated heterocycles. The minimum absolute atomic E-state index is 0.0950. The van der Waals surface area contributed by atoms with Gasteiger partial charge in [-0.2, -0.15) is 4.31 Å². The van der Waals surface area contributed by atoms with Crippen LogP contribution >= 0.6 is 0 Å². The first-order valence-electron chi connectivity index (χ1n) is 8.85. The van der Waals surface area contributed by atoms with Crippen LogP contribution in [0.3, 0.4) is 0 Å². The van der Waals surface area contributed by atoms with Crippen LogP contribution in [0.1, 0.15) is 11.7 Å². The minimum atomic E-state index is -3.79. The number of morpholine rings is 1. The highest BCUT2D eigenvalue weighted by molar-refractivity contribution is 7.89. The van der Waals surface area contributed by atoms with Gasteiger partial charge in [0.25, 0.3) is 0 Å². The van der Waals surface area contributed by atoms with E-state index in [1.165, 1.54) is 17.6 Å². The molecule has 2 aromatic carbocycles. The lowest BCUT2D eigenvalue weighted by atomic mass is 10.1. The zero-order valence-corrected chi connectivity index (χ0v) is 16.1. The summed E-state index contributed by atoms with van der Waals surface area (Å²) in [5.74, 6) is 0.772. The third-order valence-corrected chi connectivity index (χ3v) is 6.59. The molecule has 3 aromatic rings. The molecule has 1 fully saturated rings. The Morgan fingerprint density at radius 1 is 1.14 bits per heavy atom. The van der Waals surface area contributed by atoms with Crippen molar-refractivity contribution in [1.29, 1.82) is 0 Å². The Bertz CT molecular complexity index is 1040. The fraction of sp³-hybridized carbons (Fsp3) is 0.250. The van der Waals surface area contributed by atoms with Crippen LogP contribution in [0, 0.1) is 0 Å². The van der Waals surface area contributed by atoms with Crippen LogP contribution in [-0.2, 0) is 14.8 Å². The predicted octanol–water partition coefficient (Wildman–Crippen LogP) is 3.11. The molecule has 0 bridgehead atoms. The van der Waals surface area contributed by atoms with Crippen LogP contribution in [0.2, 0.25) is 0 Å². The number of hydrogen-bond acceptors (Lipinski definition) is 6. The lowest BCUT2D eigenvalue weighted by Crippen LogP contribution is -2.42. The maximum Gasteiger partial charge on any atom is 0.246 e. The summed E-state index contributed by atoms with van der Waals surface area (Å²) < 4.78 is 44.5. The summed E-state index contributed by atoms with van der Waals surface area (Å²) in [4.78, 5) is 0.0950. The van der Waals surface area contributed by atoms with E-state index in [1.54, 1.807) is 24.3 Å². The van der Waals surface area contributed by atoms with E-state index in [9.17, 15) is 8.42 Å². The van der Waals surface area contributed by atoms with E-state index < -0.39 is 10.0 Å². The molecule has 7 nitrogen and oxygen atoms in total. The number of nitrogens with zero attached hydrogens (tertiary/aromatic N) is 2. The van der Waals surface area contributed by atoms with Gasteiger partial charge in [0.15, 0.2) is 5.76 Å². The van der Waals surface area contributed by atoms with E-state index in [4.69, 9.17) is 14.0 Å². The number of hydrogen-bond donors (Lipinski definition) is 0. The molecule has 1 aliphatic heterocycles. The molecule has 8 heteroatoms. The molecule has 1 unspecified atom stereocenters. The summed E-state index contributed by atoms with van der Waals surface area (Å²) in [6, 6.07) is 16.2. The number of methoxy groups -OCH3 is 1. The van der Waals surface area contributed by atoms with Crippen LogP contribution in [0.15, 0.2) is 70.2 Å². The van der Waals surface area contributed by atoms with Crippen LogP contribution in [-0.4, -0.2) is 44.7 Å². The average Bonchev–Trinajstić information content (AvgIpc) is 3.29. The van der Waals surface area contributed by atoms with Gasteiger partial charge in [-0.25, -0.2) is 8.42 Å². The fourth-order valence-electron chi connectivity index (χ4n) is 3.25. The molecule has 0 spiro atoms. The topological polar surface area (TPSA) is 81.9 Å². The summed E-state index contributed by atoms with van der Waals surface area (Å²) >= 11 is 0. The number of rotatable bonds is 5. The van der Waals surface area contributed by atoms with E-state index in [-0.39, 0.29) is 29.8 Å². The molecule has 0 N–H and O–H groups in total. The molecule has 146 valence electrons. The predicted molar refractivity (Wildman–Crippen MR) is 102 cm³/mol. The smallest absolute Gasteiger partial charge is 0.246 e. The summed E-state index contributed by atoms with van der Waals surface area (Å²) in [7, 11) is -2.34. The molecule has 0 radical (unpaired) electrons. The molecule has 2 heterocycles. The van der Waals surface area contributed by atoms with Gasteiger partial charge in [0.2, 0.25) is 10.0 Å². The van der Waals surface area contributed by atoms with Gasteiger partial charge in [-0.05, 0) is 23.8 Å². The minimum Gasteiger partial charge on any atom is -0.495 e. The van der Waals surface area contributed by atoms with Crippen LogP contribution in [0.25, 0.3) is 11.3 Å². The fourth-order valence-corrected chi connectivity index (χ4v) is 4.85. The average molecular weight is 400 g/mol. The van der Waals surface area contributed by atoms with Gasteiger partial charge in [0, 0.05) is 24.7 Å². The Morgan fingerprint density at radius 3 is 2.68 bits per heavy atom. The van der Waals surface area contributed by atoms with Gasteiger partial charge in [0.1, 0.15) is 10.6 Å². The first kappa shape index (κ1) is 18.7. The molecule has 0 saturated carbocycles. The van der Waals surface area contributed by atoms with Crippen molar-refractivity contribution in [1.82, 2.24) is 9.46 Å². The first-order valence-corrected chi connectivity index (χ1v) is 10.3. The summed E-state index contributed by atoms with van der Waals surface area (Å²) in [5.41, 5.74) is 1.56. The SMILES string of the molecule is COc1ccc(-c2ccno2)cc1S(=O)(=O)N1CCOC(c2ccccc2)C1. The first-order chi connectivity index (χ1) is 13.6. The van der Waals surface area contributed by atoms with E-state index >= 15 is 0 Å². The molecule has 0 aliphatic carbocycles. The van der Waals surface area contributed by atoms with Crippen molar-refractivity contribution < 1.29 is 22.4 Å². The molecular formula is C20H20N2O5S. The summed E-state index contributed by atoms with van der Waals surface area (Å²) in [5, 5.41) is 3.68. The Morgan fingerprint density at radius 2 is 1.96 bits per heavy atom. The Balaban J connectivity index is 1.68. The lowest BCUT2D eigenvalue weighted by Gasteiger charge is -2.32. The molecule has 28 heavy (non-hydrogen) atoms.